The molecule has 0 bridgehead atoms. The van der Waals surface area contributed by atoms with E-state index in [9.17, 15) is 0 Å². The van der Waals surface area contributed by atoms with Crippen LogP contribution in [-0.2, 0) is 5.66 Å². The molecule has 4 heteroatoms. The molecule has 0 aromatic heterocycles. The Labute approximate surface area is 199 Å². The predicted octanol–water partition coefficient (Wildman–Crippen LogP) is 6.18. The molecule has 0 unspecified atom stereocenters. The highest BCUT2D eigenvalue weighted by Crippen LogP contribution is 2.48. The van der Waals surface area contributed by atoms with Gasteiger partial charge in [-0.3, -0.25) is 5.32 Å². The van der Waals surface area contributed by atoms with E-state index in [1.165, 1.54) is 29.5 Å². The summed E-state index contributed by atoms with van der Waals surface area (Å²) in [4.78, 5) is 2.59. The summed E-state index contributed by atoms with van der Waals surface area (Å²) < 4.78 is 2.54. The van der Waals surface area contributed by atoms with Crippen LogP contribution >= 0.6 is 45.2 Å². The third kappa shape index (κ3) is 3.64. The van der Waals surface area contributed by atoms with E-state index < -0.39 is 0 Å². The Morgan fingerprint density at radius 1 is 0.828 bits per heavy atom. The first-order valence-corrected chi connectivity index (χ1v) is 12.1. The summed E-state index contributed by atoms with van der Waals surface area (Å²) in [5.41, 5.74) is 5.20. The maximum absolute atomic E-state index is 3.90. The molecule has 0 aliphatic carbocycles. The second-order valence-electron chi connectivity index (χ2n) is 7.73. The zero-order valence-corrected chi connectivity index (χ0v) is 20.3. The molecule has 0 radical (unpaired) electrons. The molecule has 2 atom stereocenters. The molecule has 2 heterocycles. The molecule has 5 rings (SSSR count). The molecule has 2 aliphatic rings. The van der Waals surface area contributed by atoms with Gasteiger partial charge in [0.25, 0.3) is 0 Å². The number of fused-ring (bicyclic) bond motifs is 1. The zero-order valence-electron chi connectivity index (χ0n) is 16.0. The minimum absolute atomic E-state index is 0.169. The highest BCUT2D eigenvalue weighted by atomic mass is 127. The van der Waals surface area contributed by atoms with Gasteiger partial charge in [-0.05, 0) is 92.6 Å². The highest BCUT2D eigenvalue weighted by molar-refractivity contribution is 14.1. The van der Waals surface area contributed by atoms with Crippen molar-refractivity contribution in [2.75, 3.05) is 13.1 Å². The molecule has 146 valence electrons. The van der Waals surface area contributed by atoms with Crippen molar-refractivity contribution in [1.29, 1.82) is 0 Å². The highest BCUT2D eigenvalue weighted by Gasteiger charge is 2.47. The van der Waals surface area contributed by atoms with Crippen molar-refractivity contribution in [3.8, 4) is 0 Å². The molecule has 3 aromatic rings. The van der Waals surface area contributed by atoms with Gasteiger partial charge in [0.15, 0.2) is 0 Å². The Morgan fingerprint density at radius 3 is 2.17 bits per heavy atom. The number of allylic oxidation sites excluding steroid dienone is 1. The van der Waals surface area contributed by atoms with Crippen molar-refractivity contribution in [3.05, 3.63) is 109 Å². The fraction of sp³-hybridized carbons (Fsp3) is 0.200. The average molecular weight is 604 g/mol. The lowest BCUT2D eigenvalue weighted by Crippen LogP contribution is -2.50. The summed E-state index contributed by atoms with van der Waals surface area (Å²) in [5.74, 6) is 0.367. The maximum Gasteiger partial charge on any atom is 0.118 e. The maximum atomic E-state index is 3.90. The number of benzene rings is 3. The molecule has 1 fully saturated rings. The first-order chi connectivity index (χ1) is 14.2. The van der Waals surface area contributed by atoms with Crippen molar-refractivity contribution >= 4 is 50.9 Å². The second-order valence-corrected chi connectivity index (χ2v) is 10.2. The molecule has 0 amide bonds. The van der Waals surface area contributed by atoms with Crippen molar-refractivity contribution in [2.24, 2.45) is 0 Å². The zero-order chi connectivity index (χ0) is 19.8. The number of halogens is 2. The van der Waals surface area contributed by atoms with E-state index in [1.54, 1.807) is 0 Å². The quantitative estimate of drug-likeness (QED) is 0.360. The predicted molar refractivity (Wildman–Crippen MR) is 136 cm³/mol. The topological polar surface area (TPSA) is 15.3 Å². The second kappa shape index (κ2) is 8.04. The monoisotopic (exact) mass is 604 g/mol. The smallest absolute Gasteiger partial charge is 0.118 e. The fourth-order valence-corrected chi connectivity index (χ4v) is 5.43. The van der Waals surface area contributed by atoms with Crippen LogP contribution in [-0.4, -0.2) is 18.0 Å². The van der Waals surface area contributed by atoms with E-state index in [0.717, 1.165) is 19.5 Å². The molecule has 3 aromatic carbocycles. The number of hydrogen-bond donors (Lipinski definition) is 1. The van der Waals surface area contributed by atoms with Gasteiger partial charge in [-0.2, -0.15) is 0 Å². The Balaban J connectivity index is 1.67. The molecule has 29 heavy (non-hydrogen) atoms. The van der Waals surface area contributed by atoms with Crippen LogP contribution in [0.1, 0.15) is 29.0 Å². The van der Waals surface area contributed by atoms with E-state index in [4.69, 9.17) is 0 Å². The lowest BCUT2D eigenvalue weighted by atomic mass is 9.79. The summed E-state index contributed by atoms with van der Waals surface area (Å²) in [6.07, 6.45) is 3.51. The van der Waals surface area contributed by atoms with Crippen LogP contribution in [0.25, 0.3) is 5.70 Å². The van der Waals surface area contributed by atoms with Gasteiger partial charge < -0.3 is 4.90 Å². The average Bonchev–Trinajstić information content (AvgIpc) is 3.20. The van der Waals surface area contributed by atoms with Crippen LogP contribution in [0.4, 0.5) is 0 Å². The van der Waals surface area contributed by atoms with Gasteiger partial charge >= 0.3 is 0 Å². The molecule has 2 aliphatic heterocycles. The molecular formula is C25H22I2N2. The van der Waals surface area contributed by atoms with E-state index in [1.807, 2.05) is 0 Å². The Kier molecular flexibility index (Phi) is 5.43. The summed E-state index contributed by atoms with van der Waals surface area (Å²) in [6, 6.07) is 28.9. The molecule has 0 saturated carbocycles. The van der Waals surface area contributed by atoms with Crippen molar-refractivity contribution in [2.45, 2.75) is 18.0 Å². The molecular weight excluding hydrogens is 582 g/mol. The summed E-state index contributed by atoms with van der Waals surface area (Å²) >= 11 is 4.77. The molecule has 2 nitrogen and oxygen atoms in total. The third-order valence-corrected chi connectivity index (χ3v) is 7.51. The van der Waals surface area contributed by atoms with Gasteiger partial charge in [-0.25, -0.2) is 0 Å². The first-order valence-electron chi connectivity index (χ1n) is 9.97. The largest absolute Gasteiger partial charge is 0.348 e. The summed E-state index contributed by atoms with van der Waals surface area (Å²) in [6.45, 7) is 2.01. The Hall–Kier alpha value is -1.38. The summed E-state index contributed by atoms with van der Waals surface area (Å²) in [7, 11) is 0. The van der Waals surface area contributed by atoms with Crippen molar-refractivity contribution in [3.63, 3.8) is 0 Å². The van der Waals surface area contributed by atoms with Gasteiger partial charge in [0.05, 0.1) is 0 Å². The van der Waals surface area contributed by atoms with Gasteiger partial charge in [0.1, 0.15) is 5.66 Å². The lowest BCUT2D eigenvalue weighted by Gasteiger charge is -2.47. The van der Waals surface area contributed by atoms with Crippen LogP contribution in [0, 0.1) is 7.14 Å². The van der Waals surface area contributed by atoms with Crippen molar-refractivity contribution in [1.82, 2.24) is 10.2 Å². The molecule has 1 N–H and O–H groups in total. The third-order valence-electron chi connectivity index (χ3n) is 6.07. The van der Waals surface area contributed by atoms with Gasteiger partial charge in [0, 0.05) is 31.8 Å². The van der Waals surface area contributed by atoms with E-state index >= 15 is 0 Å². The van der Waals surface area contributed by atoms with Crippen LogP contribution in [0.2, 0.25) is 0 Å². The number of nitrogens with zero attached hydrogens (tertiary/aromatic N) is 1. The van der Waals surface area contributed by atoms with E-state index in [-0.39, 0.29) is 5.66 Å². The van der Waals surface area contributed by atoms with Gasteiger partial charge in [0.2, 0.25) is 0 Å². The number of hydrogen-bond acceptors (Lipinski definition) is 2. The van der Waals surface area contributed by atoms with Crippen LogP contribution in [0.3, 0.4) is 0 Å². The van der Waals surface area contributed by atoms with Gasteiger partial charge in [-0.1, -0.05) is 60.7 Å². The van der Waals surface area contributed by atoms with E-state index in [2.05, 4.69) is 140 Å². The standard InChI is InChI=1S/C25H22I2N2/c26-22-10-6-19(7-11-22)24-16-20(18-4-2-1-3-5-18)17-25(28-14-15-29(24)25)21-8-12-23(27)13-9-21/h1-13,16,20,28H,14-15,17H2/t20-,25-/m0/s1. The minimum atomic E-state index is -0.169. The van der Waals surface area contributed by atoms with Crippen LogP contribution in [0.5, 0.6) is 0 Å². The van der Waals surface area contributed by atoms with Gasteiger partial charge in [-0.15, -0.1) is 0 Å². The Bertz CT molecular complexity index is 1030. The molecule has 0 spiro atoms. The van der Waals surface area contributed by atoms with Crippen molar-refractivity contribution < 1.29 is 0 Å². The van der Waals surface area contributed by atoms with Crippen LogP contribution < -0.4 is 5.32 Å². The SMILES string of the molecule is Ic1ccc(C2=C[C@H](c3ccccc3)C[C@]3(c4ccc(I)cc4)NCCN23)cc1. The van der Waals surface area contributed by atoms with Crippen LogP contribution in [0.15, 0.2) is 84.9 Å². The van der Waals surface area contributed by atoms with E-state index in [0.29, 0.717) is 5.92 Å². The Morgan fingerprint density at radius 2 is 1.48 bits per heavy atom. The summed E-state index contributed by atoms with van der Waals surface area (Å²) in [5, 5.41) is 3.90. The number of nitrogens with one attached hydrogen (secondary N) is 1. The lowest BCUT2D eigenvalue weighted by molar-refractivity contribution is 0.156. The number of rotatable bonds is 3. The first kappa shape index (κ1) is 19.6. The molecule has 1 saturated heterocycles. The normalized spacial score (nSPS) is 23.6. The minimum Gasteiger partial charge on any atom is -0.348 e. The fourth-order valence-electron chi connectivity index (χ4n) is 4.72.